The van der Waals surface area contributed by atoms with Crippen LogP contribution in [0.4, 0.5) is 5.69 Å². The van der Waals surface area contributed by atoms with E-state index in [1.54, 1.807) is 47.0 Å². The zero-order valence-electron chi connectivity index (χ0n) is 15.0. The first-order valence-corrected chi connectivity index (χ1v) is 8.88. The van der Waals surface area contributed by atoms with Crippen molar-refractivity contribution in [3.8, 4) is 5.69 Å². The number of imidazole rings is 1. The van der Waals surface area contributed by atoms with Crippen molar-refractivity contribution < 1.29 is 10.0 Å². The van der Waals surface area contributed by atoms with Crippen LogP contribution in [0.15, 0.2) is 71.7 Å². The van der Waals surface area contributed by atoms with Crippen molar-refractivity contribution >= 4 is 33.3 Å². The number of rotatable bonds is 3. The number of nitro groups is 1. The molecule has 0 atom stereocenters. The first kappa shape index (κ1) is 17.1. The number of nitro benzene ring substituents is 1. The van der Waals surface area contributed by atoms with Gasteiger partial charge in [-0.2, -0.15) is 0 Å². The molecule has 0 saturated heterocycles. The zero-order valence-corrected chi connectivity index (χ0v) is 15.0. The summed E-state index contributed by atoms with van der Waals surface area (Å²) < 4.78 is 3.30. The van der Waals surface area contributed by atoms with Crippen molar-refractivity contribution in [2.75, 3.05) is 0 Å². The van der Waals surface area contributed by atoms with Crippen molar-refractivity contribution in [1.82, 2.24) is 14.0 Å². The van der Waals surface area contributed by atoms with E-state index in [4.69, 9.17) is 4.98 Å². The topological polar surface area (TPSA) is 103 Å². The van der Waals surface area contributed by atoms with Gasteiger partial charge >= 0.3 is 0 Å². The second-order valence-electron chi connectivity index (χ2n) is 6.66. The first-order valence-electron chi connectivity index (χ1n) is 8.88. The van der Waals surface area contributed by atoms with Gasteiger partial charge in [0, 0.05) is 29.1 Å². The quantitative estimate of drug-likeness (QED) is 0.379. The minimum atomic E-state index is -0.479. The Balaban J connectivity index is 1.96. The summed E-state index contributed by atoms with van der Waals surface area (Å²) in [5.41, 5.74) is 2.71. The van der Waals surface area contributed by atoms with Gasteiger partial charge in [-0.05, 0) is 35.9 Å². The minimum Gasteiger partial charge on any atom is -0.392 e. The second kappa shape index (κ2) is 6.25. The third-order valence-electron chi connectivity index (χ3n) is 4.99. The van der Waals surface area contributed by atoms with Gasteiger partial charge in [-0.3, -0.25) is 23.9 Å². The lowest BCUT2D eigenvalue weighted by molar-refractivity contribution is -0.384. The van der Waals surface area contributed by atoms with Crippen LogP contribution in [0.2, 0.25) is 0 Å². The van der Waals surface area contributed by atoms with E-state index >= 15 is 0 Å². The monoisotopic (exact) mass is 386 g/mol. The van der Waals surface area contributed by atoms with E-state index < -0.39 is 4.92 Å². The van der Waals surface area contributed by atoms with Crippen LogP contribution in [0.25, 0.3) is 33.3 Å². The molecule has 0 bridgehead atoms. The summed E-state index contributed by atoms with van der Waals surface area (Å²) in [5, 5.41) is 21.7. The predicted molar refractivity (Wildman–Crippen MR) is 108 cm³/mol. The Hall–Kier alpha value is -4.04. The summed E-state index contributed by atoms with van der Waals surface area (Å²) in [4.78, 5) is 28.6. The number of hydrogen-bond donors (Lipinski definition) is 1. The van der Waals surface area contributed by atoms with Crippen LogP contribution in [0.5, 0.6) is 0 Å². The maximum Gasteiger partial charge on any atom is 0.269 e. The fourth-order valence-corrected chi connectivity index (χ4v) is 3.62. The molecule has 3 heterocycles. The molecule has 0 radical (unpaired) electrons. The maximum atomic E-state index is 13.4. The Morgan fingerprint density at radius 1 is 1.03 bits per heavy atom. The molecule has 2 aromatic carbocycles. The standard InChI is InChI=1S/C21H14N4O4/c26-12-13-9-10-23-18(11-13)22-19-16-3-1-2-4-17(16)21(27)24(20(19)23)14-5-7-15(8-6-14)25(28)29/h1-11,26H,12H2. The van der Waals surface area contributed by atoms with Crippen molar-refractivity contribution in [2.45, 2.75) is 6.61 Å². The van der Waals surface area contributed by atoms with Crippen LogP contribution in [0, 0.1) is 10.1 Å². The Bertz CT molecular complexity index is 1480. The van der Waals surface area contributed by atoms with E-state index in [-0.39, 0.29) is 17.9 Å². The second-order valence-corrected chi connectivity index (χ2v) is 6.66. The molecule has 0 unspecified atom stereocenters. The molecule has 0 aliphatic carbocycles. The smallest absolute Gasteiger partial charge is 0.269 e. The number of aromatic nitrogens is 3. The van der Waals surface area contributed by atoms with Crippen LogP contribution < -0.4 is 5.56 Å². The lowest BCUT2D eigenvalue weighted by Gasteiger charge is -2.11. The highest BCUT2D eigenvalue weighted by molar-refractivity contribution is 6.04. The van der Waals surface area contributed by atoms with Gasteiger partial charge in [0.2, 0.25) is 0 Å². The van der Waals surface area contributed by atoms with E-state index in [9.17, 15) is 20.0 Å². The Morgan fingerprint density at radius 3 is 2.45 bits per heavy atom. The molecule has 0 fully saturated rings. The number of nitrogens with zero attached hydrogens (tertiary/aromatic N) is 4. The Kier molecular flexibility index (Phi) is 3.68. The third-order valence-corrected chi connectivity index (χ3v) is 4.99. The van der Waals surface area contributed by atoms with Crippen LogP contribution >= 0.6 is 0 Å². The summed E-state index contributed by atoms with van der Waals surface area (Å²) >= 11 is 0. The van der Waals surface area contributed by atoms with Crippen LogP contribution in [-0.2, 0) is 6.61 Å². The van der Waals surface area contributed by atoms with Gasteiger partial charge in [-0.1, -0.05) is 18.2 Å². The van der Waals surface area contributed by atoms with Gasteiger partial charge in [0.25, 0.3) is 11.2 Å². The van der Waals surface area contributed by atoms with E-state index in [2.05, 4.69) is 0 Å². The Morgan fingerprint density at radius 2 is 1.76 bits per heavy atom. The SMILES string of the molecule is O=c1c2ccccc2c2nc3cc(CO)ccn3c2n1-c1ccc([N+](=O)[O-])cc1. The van der Waals surface area contributed by atoms with Crippen molar-refractivity contribution in [3.05, 3.63) is 92.9 Å². The molecule has 0 aliphatic rings. The summed E-state index contributed by atoms with van der Waals surface area (Å²) in [5.74, 6) is 0. The molecule has 0 saturated carbocycles. The molecule has 5 rings (SSSR count). The summed E-state index contributed by atoms with van der Waals surface area (Å²) in [6.45, 7) is -0.115. The average molecular weight is 386 g/mol. The molecule has 0 aliphatic heterocycles. The number of non-ortho nitro benzene ring substituents is 1. The van der Waals surface area contributed by atoms with Crippen LogP contribution in [0.1, 0.15) is 5.56 Å². The van der Waals surface area contributed by atoms with E-state index in [0.29, 0.717) is 33.4 Å². The van der Waals surface area contributed by atoms with Crippen molar-refractivity contribution in [2.24, 2.45) is 0 Å². The van der Waals surface area contributed by atoms with Crippen molar-refractivity contribution in [3.63, 3.8) is 0 Å². The number of aliphatic hydroxyl groups excluding tert-OH is 1. The number of hydrogen-bond acceptors (Lipinski definition) is 5. The molecule has 5 aromatic rings. The van der Waals surface area contributed by atoms with Crippen molar-refractivity contribution in [1.29, 1.82) is 0 Å². The molecule has 1 N–H and O–H groups in total. The molecule has 3 aromatic heterocycles. The van der Waals surface area contributed by atoms with Gasteiger partial charge in [0.1, 0.15) is 11.2 Å². The molecular weight excluding hydrogens is 372 g/mol. The lowest BCUT2D eigenvalue weighted by Crippen LogP contribution is -2.20. The highest BCUT2D eigenvalue weighted by atomic mass is 16.6. The van der Waals surface area contributed by atoms with Crippen LogP contribution in [-0.4, -0.2) is 24.0 Å². The van der Waals surface area contributed by atoms with Gasteiger partial charge in [0.05, 0.1) is 17.2 Å². The first-order chi connectivity index (χ1) is 14.1. The molecule has 0 amide bonds. The average Bonchev–Trinajstić information content (AvgIpc) is 3.13. The van der Waals surface area contributed by atoms with Gasteiger partial charge < -0.3 is 5.11 Å². The fourth-order valence-electron chi connectivity index (χ4n) is 3.62. The largest absolute Gasteiger partial charge is 0.392 e. The molecule has 29 heavy (non-hydrogen) atoms. The molecular formula is C21H14N4O4. The Labute approximate surface area is 163 Å². The van der Waals surface area contributed by atoms with E-state index in [1.165, 1.54) is 16.7 Å². The molecule has 142 valence electrons. The van der Waals surface area contributed by atoms with Crippen LogP contribution in [0.3, 0.4) is 0 Å². The minimum absolute atomic E-state index is 0.0513. The number of benzene rings is 2. The molecule has 8 nitrogen and oxygen atoms in total. The molecule has 0 spiro atoms. The van der Waals surface area contributed by atoms with Gasteiger partial charge in [-0.15, -0.1) is 0 Å². The van der Waals surface area contributed by atoms with E-state index in [1.807, 2.05) is 12.1 Å². The normalized spacial score (nSPS) is 11.5. The lowest BCUT2D eigenvalue weighted by atomic mass is 10.1. The fraction of sp³-hybridized carbons (Fsp3) is 0.0476. The highest BCUT2D eigenvalue weighted by Gasteiger charge is 2.18. The summed E-state index contributed by atoms with van der Waals surface area (Å²) in [6.07, 6.45) is 1.76. The van der Waals surface area contributed by atoms with E-state index in [0.717, 1.165) is 5.39 Å². The number of fused-ring (bicyclic) bond motifs is 5. The number of aliphatic hydroxyl groups is 1. The van der Waals surface area contributed by atoms with Gasteiger partial charge in [0.15, 0.2) is 5.65 Å². The number of pyridine rings is 2. The third kappa shape index (κ3) is 2.50. The highest BCUT2D eigenvalue weighted by Crippen LogP contribution is 2.27. The molecule has 8 heteroatoms. The maximum absolute atomic E-state index is 13.4. The van der Waals surface area contributed by atoms with Gasteiger partial charge in [-0.25, -0.2) is 4.98 Å². The predicted octanol–water partition coefficient (Wildman–Crippen LogP) is 3.19. The summed E-state index contributed by atoms with van der Waals surface area (Å²) in [7, 11) is 0. The summed E-state index contributed by atoms with van der Waals surface area (Å²) in [6, 6.07) is 16.6. The zero-order chi connectivity index (χ0) is 20.1.